The Morgan fingerprint density at radius 3 is 1.79 bits per heavy atom. The molecule has 0 aliphatic heterocycles. The Kier molecular flexibility index (Phi) is 3.08. The molecule has 0 aliphatic carbocycles. The van der Waals surface area contributed by atoms with Crippen molar-refractivity contribution >= 4 is 80.2 Å². The highest BCUT2D eigenvalue weighted by Gasteiger charge is 2.12. The van der Waals surface area contributed by atoms with Crippen LogP contribution in [-0.2, 0) is 0 Å². The molecule has 6 aromatic rings. The van der Waals surface area contributed by atoms with Gasteiger partial charge in [0.1, 0.15) is 10.9 Å². The number of nitrogens with zero attached hydrogens (tertiary/aromatic N) is 2. The maximum Gasteiger partial charge on any atom is 0.242 e. The SMILES string of the molecule is [C-]#[N+]c1cc2ccc3c4ccc5c(ccc6cc(C#N)sc65)c4ccc3c2s1. The van der Waals surface area contributed by atoms with Crippen LogP contribution in [0.15, 0.2) is 60.7 Å². The fraction of sp³-hybridized carbons (Fsp3) is 0. The Bertz CT molecular complexity index is 1560. The number of benzene rings is 4. The third kappa shape index (κ3) is 1.99. The van der Waals surface area contributed by atoms with Crippen molar-refractivity contribution in [2.24, 2.45) is 0 Å². The standard InChI is InChI=1S/C24H10N2S2/c1-26-22-11-14-3-5-19-17-6-8-20-18(16(17)7-9-21(19)24(14)28-22)4-2-13-10-15(12-25)27-23(13)20/h2-11H. The molecule has 0 bridgehead atoms. The van der Waals surface area contributed by atoms with E-state index >= 15 is 0 Å². The van der Waals surface area contributed by atoms with Crippen LogP contribution in [0, 0.1) is 17.9 Å². The van der Waals surface area contributed by atoms with Crippen molar-refractivity contribution in [1.29, 1.82) is 5.26 Å². The lowest BCUT2D eigenvalue weighted by atomic mass is 9.96. The minimum absolute atomic E-state index is 0.731. The summed E-state index contributed by atoms with van der Waals surface area (Å²) < 4.78 is 2.35. The average Bonchev–Trinajstić information content (AvgIpc) is 3.36. The van der Waals surface area contributed by atoms with Gasteiger partial charge in [-0.1, -0.05) is 48.5 Å². The van der Waals surface area contributed by atoms with E-state index in [2.05, 4.69) is 59.4 Å². The number of rotatable bonds is 0. The molecule has 2 aromatic heterocycles. The zero-order chi connectivity index (χ0) is 18.8. The minimum atomic E-state index is 0.731. The summed E-state index contributed by atoms with van der Waals surface area (Å²) in [6, 6.07) is 23.5. The third-order valence-corrected chi connectivity index (χ3v) is 7.53. The van der Waals surface area contributed by atoms with Crippen molar-refractivity contribution in [3.8, 4) is 6.07 Å². The van der Waals surface area contributed by atoms with Crippen LogP contribution in [0.5, 0.6) is 0 Å². The van der Waals surface area contributed by atoms with E-state index < -0.39 is 0 Å². The van der Waals surface area contributed by atoms with E-state index in [1.165, 1.54) is 41.7 Å². The molecule has 0 saturated heterocycles. The number of nitriles is 1. The van der Waals surface area contributed by atoms with Gasteiger partial charge in [-0.25, -0.2) is 4.85 Å². The Hall–Kier alpha value is -3.44. The molecular weight excluding hydrogens is 380 g/mol. The third-order valence-electron chi connectivity index (χ3n) is 5.36. The molecule has 0 atom stereocenters. The minimum Gasteiger partial charge on any atom is -0.227 e. The molecule has 2 heterocycles. The van der Waals surface area contributed by atoms with E-state index in [0.717, 1.165) is 20.7 Å². The zero-order valence-electron chi connectivity index (χ0n) is 14.5. The first-order valence-corrected chi connectivity index (χ1v) is 10.4. The Balaban J connectivity index is 1.76. The lowest BCUT2D eigenvalue weighted by Crippen LogP contribution is -1.81. The van der Waals surface area contributed by atoms with E-state index in [1.807, 2.05) is 12.1 Å². The first-order chi connectivity index (χ1) is 13.8. The molecule has 4 aromatic carbocycles. The van der Waals surface area contributed by atoms with Crippen LogP contribution in [0.4, 0.5) is 5.00 Å². The zero-order valence-corrected chi connectivity index (χ0v) is 16.1. The fourth-order valence-corrected chi connectivity index (χ4v) is 6.09. The monoisotopic (exact) mass is 390 g/mol. The second kappa shape index (κ2) is 5.53. The normalized spacial score (nSPS) is 11.5. The van der Waals surface area contributed by atoms with Crippen LogP contribution in [0.25, 0.3) is 57.3 Å². The van der Waals surface area contributed by atoms with E-state index in [9.17, 15) is 5.26 Å². The summed E-state index contributed by atoms with van der Waals surface area (Å²) in [5, 5.41) is 19.5. The molecule has 0 spiro atoms. The van der Waals surface area contributed by atoms with Crippen LogP contribution >= 0.6 is 22.7 Å². The molecule has 0 radical (unpaired) electrons. The highest BCUT2D eigenvalue weighted by molar-refractivity contribution is 7.23. The van der Waals surface area contributed by atoms with Crippen molar-refractivity contribution in [3.63, 3.8) is 0 Å². The van der Waals surface area contributed by atoms with E-state index in [0.29, 0.717) is 0 Å². The van der Waals surface area contributed by atoms with Crippen LogP contribution in [-0.4, -0.2) is 0 Å². The van der Waals surface area contributed by atoms with Crippen molar-refractivity contribution in [1.82, 2.24) is 0 Å². The molecule has 0 unspecified atom stereocenters. The molecule has 0 N–H and O–H groups in total. The molecule has 0 saturated carbocycles. The van der Waals surface area contributed by atoms with Crippen LogP contribution in [0.1, 0.15) is 4.88 Å². The van der Waals surface area contributed by atoms with Crippen LogP contribution in [0.2, 0.25) is 0 Å². The van der Waals surface area contributed by atoms with Crippen LogP contribution in [0.3, 0.4) is 0 Å². The van der Waals surface area contributed by atoms with Crippen molar-refractivity contribution in [2.75, 3.05) is 0 Å². The van der Waals surface area contributed by atoms with E-state index in [4.69, 9.17) is 6.57 Å². The van der Waals surface area contributed by atoms with Gasteiger partial charge in [0.05, 0.1) is 6.57 Å². The number of hydrogen-bond donors (Lipinski definition) is 0. The van der Waals surface area contributed by atoms with Gasteiger partial charge >= 0.3 is 0 Å². The Morgan fingerprint density at radius 1 is 0.679 bits per heavy atom. The van der Waals surface area contributed by atoms with Crippen molar-refractivity contribution in [2.45, 2.75) is 0 Å². The van der Waals surface area contributed by atoms with Gasteiger partial charge in [-0.05, 0) is 49.8 Å². The highest BCUT2D eigenvalue weighted by atomic mass is 32.1. The van der Waals surface area contributed by atoms with Gasteiger partial charge in [0.15, 0.2) is 0 Å². The molecule has 4 heteroatoms. The molecule has 0 aliphatic rings. The molecule has 0 fully saturated rings. The summed E-state index contributed by atoms with van der Waals surface area (Å²) in [6.45, 7) is 7.30. The van der Waals surface area contributed by atoms with Gasteiger partial charge in [-0.15, -0.1) is 11.3 Å². The maximum atomic E-state index is 9.25. The molecule has 0 amide bonds. The molecular formula is C24H10N2S2. The summed E-state index contributed by atoms with van der Waals surface area (Å²) in [5.41, 5.74) is 0. The number of fused-ring (bicyclic) bond motifs is 9. The number of hydrogen-bond acceptors (Lipinski definition) is 3. The smallest absolute Gasteiger partial charge is 0.227 e. The maximum absolute atomic E-state index is 9.25. The number of thiophene rings is 2. The molecule has 6 rings (SSSR count). The summed E-state index contributed by atoms with van der Waals surface area (Å²) >= 11 is 3.12. The topological polar surface area (TPSA) is 28.1 Å². The summed E-state index contributed by atoms with van der Waals surface area (Å²) in [7, 11) is 0. The van der Waals surface area contributed by atoms with Gasteiger partial charge in [0.25, 0.3) is 0 Å². The van der Waals surface area contributed by atoms with Crippen LogP contribution < -0.4 is 0 Å². The lowest BCUT2D eigenvalue weighted by Gasteiger charge is -2.09. The first-order valence-electron chi connectivity index (χ1n) is 8.78. The summed E-state index contributed by atoms with van der Waals surface area (Å²) in [5.74, 6) is 0. The van der Waals surface area contributed by atoms with Gasteiger partial charge < -0.3 is 0 Å². The predicted molar refractivity (Wildman–Crippen MR) is 121 cm³/mol. The van der Waals surface area contributed by atoms with Gasteiger partial charge in [-0.3, -0.25) is 0 Å². The van der Waals surface area contributed by atoms with E-state index in [-0.39, 0.29) is 0 Å². The molecule has 128 valence electrons. The highest BCUT2D eigenvalue weighted by Crippen LogP contribution is 2.41. The Morgan fingerprint density at radius 2 is 1.18 bits per heavy atom. The summed E-state index contributed by atoms with van der Waals surface area (Å²) in [6.07, 6.45) is 0. The van der Waals surface area contributed by atoms with Crippen molar-refractivity contribution in [3.05, 3.63) is 77.0 Å². The second-order valence-corrected chi connectivity index (χ2v) is 8.89. The first kappa shape index (κ1) is 15.6. The van der Waals surface area contributed by atoms with Gasteiger partial charge in [0.2, 0.25) is 5.00 Å². The van der Waals surface area contributed by atoms with Gasteiger partial charge in [0, 0.05) is 14.8 Å². The molecule has 2 nitrogen and oxygen atoms in total. The van der Waals surface area contributed by atoms with Crippen molar-refractivity contribution < 1.29 is 0 Å². The lowest BCUT2D eigenvalue weighted by molar-refractivity contribution is 1.52. The largest absolute Gasteiger partial charge is 0.242 e. The molecule has 28 heavy (non-hydrogen) atoms. The quantitative estimate of drug-likeness (QED) is 0.191. The fourth-order valence-electron chi connectivity index (χ4n) is 4.13. The van der Waals surface area contributed by atoms with Gasteiger partial charge in [-0.2, -0.15) is 16.6 Å². The average molecular weight is 390 g/mol. The predicted octanol–water partition coefficient (Wildman–Crippen LogP) is 8.00. The summed E-state index contributed by atoms with van der Waals surface area (Å²) in [4.78, 5) is 4.35. The second-order valence-electron chi connectivity index (χ2n) is 6.80. The Labute approximate surface area is 168 Å². The van der Waals surface area contributed by atoms with E-state index in [1.54, 1.807) is 22.7 Å².